The van der Waals surface area contributed by atoms with Crippen LogP contribution >= 0.6 is 0 Å². The van der Waals surface area contributed by atoms with E-state index in [0.717, 1.165) is 0 Å². The van der Waals surface area contributed by atoms with Gasteiger partial charge >= 0.3 is 5.97 Å². The molecule has 0 aromatic heterocycles. The quantitative estimate of drug-likeness (QED) is 0.353. The van der Waals surface area contributed by atoms with E-state index in [1.165, 1.54) is 13.3 Å². The maximum Gasteiger partial charge on any atom is 0.350 e. The zero-order valence-corrected chi connectivity index (χ0v) is 11.4. The normalized spacial score (nSPS) is 10.6. The standard InChI is InChI=1S/C14H16N2O4/c1-18-6-7-20-13-5-3-4-12(8-13)16-10-11(9-15)14(17)19-2/h3-5,8,10,16H,6-7H2,1-2H3/b11-10-. The number of nitrogens with one attached hydrogen (secondary N) is 1. The molecule has 0 fully saturated rings. The molecule has 6 nitrogen and oxygen atoms in total. The van der Waals surface area contributed by atoms with Gasteiger partial charge in [-0.3, -0.25) is 0 Å². The third-order valence-electron chi connectivity index (χ3n) is 2.30. The molecule has 1 N–H and O–H groups in total. The zero-order chi connectivity index (χ0) is 14.8. The molecular formula is C14H16N2O4. The molecule has 0 saturated carbocycles. The van der Waals surface area contributed by atoms with Crippen LogP contribution in [0.5, 0.6) is 5.75 Å². The van der Waals surface area contributed by atoms with Crippen LogP contribution in [-0.2, 0) is 14.3 Å². The number of hydrogen-bond donors (Lipinski definition) is 1. The molecule has 1 aromatic rings. The number of nitriles is 1. The summed E-state index contributed by atoms with van der Waals surface area (Å²) >= 11 is 0. The van der Waals surface area contributed by atoms with Gasteiger partial charge in [0.1, 0.15) is 18.4 Å². The highest BCUT2D eigenvalue weighted by Crippen LogP contribution is 2.17. The fraction of sp³-hybridized carbons (Fsp3) is 0.286. The Hall–Kier alpha value is -2.52. The maximum absolute atomic E-state index is 11.2. The van der Waals surface area contributed by atoms with Crippen molar-refractivity contribution in [2.24, 2.45) is 0 Å². The summed E-state index contributed by atoms with van der Waals surface area (Å²) in [6.07, 6.45) is 1.29. The van der Waals surface area contributed by atoms with Crippen LogP contribution < -0.4 is 10.1 Å². The minimum Gasteiger partial charge on any atom is -0.491 e. The summed E-state index contributed by atoms with van der Waals surface area (Å²) < 4.78 is 14.8. The summed E-state index contributed by atoms with van der Waals surface area (Å²) in [5.74, 6) is -0.0236. The Morgan fingerprint density at radius 1 is 1.40 bits per heavy atom. The number of benzene rings is 1. The Morgan fingerprint density at radius 3 is 2.85 bits per heavy atom. The number of hydrogen-bond acceptors (Lipinski definition) is 6. The molecule has 0 aliphatic carbocycles. The van der Waals surface area contributed by atoms with Gasteiger partial charge in [-0.2, -0.15) is 5.26 Å². The van der Waals surface area contributed by atoms with Crippen LogP contribution in [-0.4, -0.2) is 33.4 Å². The number of nitrogens with zero attached hydrogens (tertiary/aromatic N) is 1. The van der Waals surface area contributed by atoms with Crippen LogP contribution in [0.1, 0.15) is 0 Å². The first-order valence-corrected chi connectivity index (χ1v) is 5.88. The van der Waals surface area contributed by atoms with E-state index in [1.807, 2.05) is 0 Å². The molecule has 20 heavy (non-hydrogen) atoms. The van der Waals surface area contributed by atoms with E-state index >= 15 is 0 Å². The highest BCUT2D eigenvalue weighted by Gasteiger charge is 2.07. The molecule has 1 rings (SSSR count). The van der Waals surface area contributed by atoms with Gasteiger partial charge in [0.15, 0.2) is 5.57 Å². The summed E-state index contributed by atoms with van der Waals surface area (Å²) in [5, 5.41) is 11.7. The second-order valence-corrected chi connectivity index (χ2v) is 3.67. The summed E-state index contributed by atoms with van der Waals surface area (Å²) in [7, 11) is 2.82. The molecule has 0 aliphatic heterocycles. The van der Waals surface area contributed by atoms with Gasteiger partial charge in [-0.05, 0) is 12.1 Å². The van der Waals surface area contributed by atoms with Gasteiger partial charge in [0.25, 0.3) is 0 Å². The third kappa shape index (κ3) is 5.00. The molecule has 0 radical (unpaired) electrons. The van der Waals surface area contributed by atoms with Gasteiger partial charge in [0.05, 0.1) is 13.7 Å². The van der Waals surface area contributed by atoms with Crippen LogP contribution in [0.25, 0.3) is 0 Å². The van der Waals surface area contributed by atoms with E-state index in [1.54, 1.807) is 37.4 Å². The SMILES string of the molecule is COCCOc1cccc(N/C=C(/C#N)C(=O)OC)c1. The Labute approximate surface area is 117 Å². The van der Waals surface area contributed by atoms with Gasteiger partial charge in [0, 0.05) is 25.1 Å². The number of rotatable bonds is 7. The second kappa shape index (κ2) is 8.56. The van der Waals surface area contributed by atoms with E-state index < -0.39 is 5.97 Å². The number of ether oxygens (including phenoxy) is 3. The molecule has 0 heterocycles. The highest BCUT2D eigenvalue weighted by molar-refractivity contribution is 5.93. The van der Waals surface area contributed by atoms with Crippen molar-refractivity contribution in [2.75, 3.05) is 32.8 Å². The molecule has 1 aromatic carbocycles. The zero-order valence-electron chi connectivity index (χ0n) is 11.4. The summed E-state index contributed by atoms with van der Waals surface area (Å²) in [5.41, 5.74) is 0.578. The molecule has 0 spiro atoms. The Morgan fingerprint density at radius 2 is 2.20 bits per heavy atom. The molecule has 106 valence electrons. The topological polar surface area (TPSA) is 80.6 Å². The third-order valence-corrected chi connectivity index (χ3v) is 2.30. The average Bonchev–Trinajstić information content (AvgIpc) is 2.48. The van der Waals surface area contributed by atoms with Crippen LogP contribution in [0.4, 0.5) is 5.69 Å². The van der Waals surface area contributed by atoms with Gasteiger partial charge in [-0.15, -0.1) is 0 Å². The smallest absolute Gasteiger partial charge is 0.350 e. The molecule has 0 saturated heterocycles. The van der Waals surface area contributed by atoms with Crippen LogP contribution in [0.3, 0.4) is 0 Å². The van der Waals surface area contributed by atoms with E-state index in [2.05, 4.69) is 10.1 Å². The van der Waals surface area contributed by atoms with Crippen molar-refractivity contribution in [1.82, 2.24) is 0 Å². The average molecular weight is 276 g/mol. The van der Waals surface area contributed by atoms with E-state index in [0.29, 0.717) is 24.7 Å². The van der Waals surface area contributed by atoms with Crippen molar-refractivity contribution >= 4 is 11.7 Å². The lowest BCUT2D eigenvalue weighted by Crippen LogP contribution is -2.06. The molecule has 0 bridgehead atoms. The molecular weight excluding hydrogens is 260 g/mol. The fourth-order valence-corrected chi connectivity index (χ4v) is 1.32. The molecule has 6 heteroatoms. The molecule has 0 atom stereocenters. The molecule has 0 amide bonds. The van der Waals surface area contributed by atoms with Crippen LogP contribution in [0, 0.1) is 11.3 Å². The summed E-state index contributed by atoms with van der Waals surface area (Å²) in [6.45, 7) is 0.944. The second-order valence-electron chi connectivity index (χ2n) is 3.67. The van der Waals surface area contributed by atoms with Gasteiger partial charge in [-0.25, -0.2) is 4.79 Å². The first-order chi connectivity index (χ1) is 9.71. The molecule has 0 aliphatic rings. The summed E-state index contributed by atoms with van der Waals surface area (Å²) in [4.78, 5) is 11.2. The minimum absolute atomic E-state index is 0.113. The Bertz CT molecular complexity index is 520. The monoisotopic (exact) mass is 276 g/mol. The van der Waals surface area contributed by atoms with Gasteiger partial charge in [-0.1, -0.05) is 6.07 Å². The van der Waals surface area contributed by atoms with Crippen molar-refractivity contribution in [2.45, 2.75) is 0 Å². The Balaban J connectivity index is 2.68. The van der Waals surface area contributed by atoms with Crippen LogP contribution in [0.15, 0.2) is 36.0 Å². The fourth-order valence-electron chi connectivity index (χ4n) is 1.32. The lowest BCUT2D eigenvalue weighted by atomic mass is 10.3. The number of anilines is 1. The number of carbonyl (C=O) groups excluding carboxylic acids is 1. The van der Waals surface area contributed by atoms with Crippen LogP contribution in [0.2, 0.25) is 0 Å². The van der Waals surface area contributed by atoms with E-state index in [9.17, 15) is 4.79 Å². The first-order valence-electron chi connectivity index (χ1n) is 5.88. The van der Waals surface area contributed by atoms with Crippen molar-refractivity contribution in [1.29, 1.82) is 5.26 Å². The summed E-state index contributed by atoms with van der Waals surface area (Å²) in [6, 6.07) is 8.88. The lowest BCUT2D eigenvalue weighted by Gasteiger charge is -2.07. The number of esters is 1. The predicted octanol–water partition coefficient (Wildman–Crippen LogP) is 1.70. The van der Waals surface area contributed by atoms with Crippen molar-refractivity contribution in [3.05, 3.63) is 36.0 Å². The highest BCUT2D eigenvalue weighted by atomic mass is 16.5. The lowest BCUT2D eigenvalue weighted by molar-refractivity contribution is -0.135. The number of carbonyl (C=O) groups is 1. The predicted molar refractivity (Wildman–Crippen MR) is 73.1 cm³/mol. The first kappa shape index (κ1) is 15.5. The van der Waals surface area contributed by atoms with Gasteiger partial charge in [0.2, 0.25) is 0 Å². The van der Waals surface area contributed by atoms with Crippen molar-refractivity contribution < 1.29 is 19.0 Å². The number of methoxy groups -OCH3 is 2. The minimum atomic E-state index is -0.688. The van der Waals surface area contributed by atoms with Gasteiger partial charge < -0.3 is 19.5 Å². The van der Waals surface area contributed by atoms with Crippen molar-refractivity contribution in [3.63, 3.8) is 0 Å². The van der Waals surface area contributed by atoms with Crippen molar-refractivity contribution in [3.8, 4) is 11.8 Å². The largest absolute Gasteiger partial charge is 0.491 e. The van der Waals surface area contributed by atoms with E-state index in [-0.39, 0.29) is 5.57 Å². The van der Waals surface area contributed by atoms with E-state index in [4.69, 9.17) is 14.7 Å². The molecule has 0 unspecified atom stereocenters. The maximum atomic E-state index is 11.2. The Kier molecular flexibility index (Phi) is 6.65.